The number of aromatic nitrogens is 3. The predicted octanol–water partition coefficient (Wildman–Crippen LogP) is 4.69. The number of fused-ring (bicyclic) bond motifs is 1. The van der Waals surface area contributed by atoms with Gasteiger partial charge in [0.15, 0.2) is 12.3 Å². The number of ether oxygens (including phenoxy) is 1. The van der Waals surface area contributed by atoms with E-state index in [0.717, 1.165) is 34.3 Å². The highest BCUT2D eigenvalue weighted by atomic mass is 16.5. The Morgan fingerprint density at radius 1 is 1.10 bits per heavy atom. The summed E-state index contributed by atoms with van der Waals surface area (Å²) in [7, 11) is 0. The van der Waals surface area contributed by atoms with Gasteiger partial charge in [-0.15, -0.1) is 0 Å². The van der Waals surface area contributed by atoms with Crippen molar-refractivity contribution in [2.24, 2.45) is 0 Å². The van der Waals surface area contributed by atoms with Gasteiger partial charge in [0.05, 0.1) is 11.1 Å². The minimum absolute atomic E-state index is 0.0761. The third-order valence-corrected chi connectivity index (χ3v) is 5.23. The zero-order valence-electron chi connectivity index (χ0n) is 18.0. The van der Waals surface area contributed by atoms with E-state index in [1.807, 2.05) is 92.2 Å². The molecule has 1 unspecified atom stereocenters. The van der Waals surface area contributed by atoms with Crippen LogP contribution in [0.15, 0.2) is 66.7 Å². The third kappa shape index (κ3) is 4.43. The molecule has 158 valence electrons. The second-order valence-corrected chi connectivity index (χ2v) is 7.60. The Kier molecular flexibility index (Phi) is 5.98. The molecular weight excluding hydrogens is 388 g/mol. The monoisotopic (exact) mass is 414 g/mol. The fraction of sp³-hybridized carbons (Fsp3) is 0.240. The minimum atomic E-state index is -0.157. The number of amides is 1. The number of rotatable bonds is 7. The second kappa shape index (κ2) is 9.00. The van der Waals surface area contributed by atoms with Crippen molar-refractivity contribution >= 4 is 16.9 Å². The Bertz CT molecular complexity index is 1190. The fourth-order valence-electron chi connectivity index (χ4n) is 3.45. The molecule has 0 spiro atoms. The number of carbonyl (C=O) groups excluding carboxylic acids is 1. The summed E-state index contributed by atoms with van der Waals surface area (Å²) in [4.78, 5) is 16.9. The van der Waals surface area contributed by atoms with E-state index in [1.165, 1.54) is 0 Å². The highest BCUT2D eigenvalue weighted by molar-refractivity contribution is 5.95. The zero-order valence-corrected chi connectivity index (χ0v) is 18.0. The van der Waals surface area contributed by atoms with Crippen LogP contribution in [-0.2, 0) is 4.79 Å². The molecule has 6 nitrogen and oxygen atoms in total. The molecule has 31 heavy (non-hydrogen) atoms. The lowest BCUT2D eigenvalue weighted by atomic mass is 10.1. The van der Waals surface area contributed by atoms with Gasteiger partial charge in [0.2, 0.25) is 5.88 Å². The van der Waals surface area contributed by atoms with Gasteiger partial charge < -0.3 is 10.1 Å². The van der Waals surface area contributed by atoms with Crippen LogP contribution in [0.25, 0.3) is 28.0 Å². The fourth-order valence-corrected chi connectivity index (χ4v) is 3.45. The van der Waals surface area contributed by atoms with Crippen molar-refractivity contribution in [3.63, 3.8) is 0 Å². The molecule has 0 radical (unpaired) electrons. The SMILES string of the molecule is CCC(C)NC(=O)COc1cc(C)c2c(-c3ccccc3)nn(-c3ccccc3)c2n1. The molecule has 0 aliphatic heterocycles. The highest BCUT2D eigenvalue weighted by Crippen LogP contribution is 2.33. The lowest BCUT2D eigenvalue weighted by molar-refractivity contribution is -0.123. The maximum Gasteiger partial charge on any atom is 0.258 e. The molecule has 2 aromatic heterocycles. The van der Waals surface area contributed by atoms with Crippen molar-refractivity contribution in [3.8, 4) is 22.8 Å². The quantitative estimate of drug-likeness (QED) is 0.476. The Balaban J connectivity index is 1.76. The number of pyridine rings is 1. The van der Waals surface area contributed by atoms with Crippen LogP contribution >= 0.6 is 0 Å². The lowest BCUT2D eigenvalue weighted by Crippen LogP contribution is -2.35. The molecule has 2 aromatic carbocycles. The molecule has 6 heteroatoms. The largest absolute Gasteiger partial charge is 0.468 e. The number of carbonyl (C=O) groups is 1. The summed E-state index contributed by atoms with van der Waals surface area (Å²) < 4.78 is 7.57. The van der Waals surface area contributed by atoms with Crippen LogP contribution in [0.3, 0.4) is 0 Å². The number of aryl methyl sites for hydroxylation is 1. The molecule has 1 N–H and O–H groups in total. The van der Waals surface area contributed by atoms with Gasteiger partial charge >= 0.3 is 0 Å². The molecule has 0 bridgehead atoms. The highest BCUT2D eigenvalue weighted by Gasteiger charge is 2.19. The van der Waals surface area contributed by atoms with Crippen molar-refractivity contribution in [2.45, 2.75) is 33.2 Å². The first-order valence-electron chi connectivity index (χ1n) is 10.5. The summed E-state index contributed by atoms with van der Waals surface area (Å²) in [6.07, 6.45) is 0.869. The van der Waals surface area contributed by atoms with Gasteiger partial charge in [0.1, 0.15) is 5.69 Å². The Morgan fingerprint density at radius 3 is 2.45 bits per heavy atom. The van der Waals surface area contributed by atoms with E-state index in [2.05, 4.69) is 5.32 Å². The number of para-hydroxylation sites is 1. The van der Waals surface area contributed by atoms with Crippen molar-refractivity contribution in [2.75, 3.05) is 6.61 Å². The maximum atomic E-state index is 12.1. The van der Waals surface area contributed by atoms with E-state index in [-0.39, 0.29) is 18.6 Å². The Labute approximate surface area is 181 Å². The van der Waals surface area contributed by atoms with Crippen molar-refractivity contribution < 1.29 is 9.53 Å². The Hall–Kier alpha value is -3.67. The first-order chi connectivity index (χ1) is 15.1. The first kappa shape index (κ1) is 20.6. The molecule has 0 saturated heterocycles. The van der Waals surface area contributed by atoms with E-state index < -0.39 is 0 Å². The van der Waals surface area contributed by atoms with Crippen LogP contribution in [0.5, 0.6) is 5.88 Å². The number of hydrogen-bond acceptors (Lipinski definition) is 4. The summed E-state index contributed by atoms with van der Waals surface area (Å²) in [6, 6.07) is 21.9. The van der Waals surface area contributed by atoms with Crippen molar-refractivity contribution in [1.82, 2.24) is 20.1 Å². The molecular formula is C25H26N4O2. The normalized spacial score (nSPS) is 12.0. The van der Waals surface area contributed by atoms with Gasteiger partial charge in [0.25, 0.3) is 5.91 Å². The Morgan fingerprint density at radius 2 is 1.77 bits per heavy atom. The van der Waals surface area contributed by atoms with Gasteiger partial charge in [0, 0.05) is 17.7 Å². The van der Waals surface area contributed by atoms with Crippen LogP contribution in [0.1, 0.15) is 25.8 Å². The van der Waals surface area contributed by atoms with Gasteiger partial charge in [-0.25, -0.2) is 4.68 Å². The molecule has 0 aliphatic carbocycles. The molecule has 4 rings (SSSR count). The standard InChI is InChI=1S/C25H26N4O2/c1-4-18(3)26-21(30)16-31-22-15-17(2)23-24(19-11-7-5-8-12-19)28-29(25(23)27-22)20-13-9-6-10-14-20/h5-15,18H,4,16H2,1-3H3,(H,26,30). The number of nitrogens with zero attached hydrogens (tertiary/aromatic N) is 3. The van der Waals surface area contributed by atoms with E-state index in [9.17, 15) is 4.79 Å². The second-order valence-electron chi connectivity index (χ2n) is 7.60. The van der Waals surface area contributed by atoms with Gasteiger partial charge in [-0.05, 0) is 38.0 Å². The molecule has 1 atom stereocenters. The summed E-state index contributed by atoms with van der Waals surface area (Å²) in [5, 5.41) is 8.77. The van der Waals surface area contributed by atoms with Crippen molar-refractivity contribution in [3.05, 3.63) is 72.3 Å². The molecule has 2 heterocycles. The van der Waals surface area contributed by atoms with Crippen LogP contribution in [0, 0.1) is 6.92 Å². The average molecular weight is 415 g/mol. The molecule has 0 saturated carbocycles. The average Bonchev–Trinajstić information content (AvgIpc) is 3.19. The summed E-state index contributed by atoms with van der Waals surface area (Å²) in [5.74, 6) is 0.247. The van der Waals surface area contributed by atoms with E-state index >= 15 is 0 Å². The summed E-state index contributed by atoms with van der Waals surface area (Å²) >= 11 is 0. The maximum absolute atomic E-state index is 12.1. The van der Waals surface area contributed by atoms with Crippen LogP contribution in [-0.4, -0.2) is 33.3 Å². The van der Waals surface area contributed by atoms with Crippen LogP contribution < -0.4 is 10.1 Å². The third-order valence-electron chi connectivity index (χ3n) is 5.23. The molecule has 0 fully saturated rings. The van der Waals surface area contributed by atoms with Gasteiger partial charge in [-0.2, -0.15) is 10.1 Å². The topological polar surface area (TPSA) is 69.0 Å². The number of benzene rings is 2. The van der Waals surface area contributed by atoms with Crippen LogP contribution in [0.2, 0.25) is 0 Å². The van der Waals surface area contributed by atoms with Crippen LogP contribution in [0.4, 0.5) is 0 Å². The smallest absolute Gasteiger partial charge is 0.258 e. The first-order valence-corrected chi connectivity index (χ1v) is 10.5. The zero-order chi connectivity index (χ0) is 21.8. The molecule has 4 aromatic rings. The van der Waals surface area contributed by atoms with E-state index in [1.54, 1.807) is 0 Å². The number of nitrogens with one attached hydrogen (secondary N) is 1. The van der Waals surface area contributed by atoms with Gasteiger partial charge in [-0.1, -0.05) is 55.5 Å². The summed E-state index contributed by atoms with van der Waals surface area (Å²) in [6.45, 7) is 5.93. The van der Waals surface area contributed by atoms with E-state index in [4.69, 9.17) is 14.8 Å². The minimum Gasteiger partial charge on any atom is -0.468 e. The molecule has 0 aliphatic rings. The van der Waals surface area contributed by atoms with Gasteiger partial charge in [-0.3, -0.25) is 4.79 Å². The van der Waals surface area contributed by atoms with E-state index in [0.29, 0.717) is 11.5 Å². The molecule has 1 amide bonds. The summed E-state index contributed by atoms with van der Waals surface area (Å²) in [5.41, 5.74) is 4.48. The number of hydrogen-bond donors (Lipinski definition) is 1. The lowest BCUT2D eigenvalue weighted by Gasteiger charge is -2.12. The van der Waals surface area contributed by atoms with Crippen molar-refractivity contribution in [1.29, 1.82) is 0 Å². The predicted molar refractivity (Wildman–Crippen MR) is 122 cm³/mol.